The second-order valence-electron chi connectivity index (χ2n) is 2.91. The zero-order valence-electron chi connectivity index (χ0n) is 6.77. The lowest BCUT2D eigenvalue weighted by molar-refractivity contribution is 1.30. The molecule has 0 aliphatic heterocycles. The molecule has 0 spiro atoms. The van der Waals surface area contributed by atoms with Gasteiger partial charge in [-0.15, -0.1) is 0 Å². The van der Waals surface area contributed by atoms with Gasteiger partial charge in [-0.05, 0) is 18.2 Å². The number of rotatable bonds is 0. The van der Waals surface area contributed by atoms with Gasteiger partial charge in [-0.2, -0.15) is 0 Å². The predicted molar refractivity (Wildman–Crippen MR) is 55.0 cm³/mol. The Bertz CT molecular complexity index is 579. The minimum absolute atomic E-state index is 0.803. The van der Waals surface area contributed by atoms with Crippen LogP contribution in [0.1, 0.15) is 0 Å². The first-order valence-electron chi connectivity index (χ1n) is 3.96. The molecule has 1 aromatic carbocycles. The maximum atomic E-state index is 5.69. The van der Waals surface area contributed by atoms with Crippen LogP contribution in [0.4, 0.5) is 5.69 Å². The van der Waals surface area contributed by atoms with E-state index < -0.39 is 0 Å². The highest BCUT2D eigenvalue weighted by Crippen LogP contribution is 2.26. The Morgan fingerprint density at radius 1 is 1.38 bits per heavy atom. The molecule has 0 fully saturated rings. The molecule has 0 aliphatic rings. The summed E-state index contributed by atoms with van der Waals surface area (Å²) in [5.41, 5.74) is 7.67. The quantitative estimate of drug-likeness (QED) is 0.550. The molecular formula is C9H7N3S. The lowest BCUT2D eigenvalue weighted by Crippen LogP contribution is -1.83. The maximum absolute atomic E-state index is 5.69. The lowest BCUT2D eigenvalue weighted by Gasteiger charge is -1.92. The third-order valence-corrected chi connectivity index (χ3v) is 3.08. The number of anilines is 1. The largest absolute Gasteiger partial charge is 0.399 e. The normalized spacial score (nSPS) is 11.4. The number of thiazole rings is 1. The SMILES string of the molecule is Nc1ccc2c(c1)sc1nccn12. The van der Waals surface area contributed by atoms with Crippen LogP contribution < -0.4 is 5.73 Å². The molecular weight excluding hydrogens is 182 g/mol. The van der Waals surface area contributed by atoms with Gasteiger partial charge in [-0.25, -0.2) is 4.98 Å². The van der Waals surface area contributed by atoms with Crippen LogP contribution in [0.2, 0.25) is 0 Å². The van der Waals surface area contributed by atoms with Gasteiger partial charge in [0.15, 0.2) is 4.96 Å². The Morgan fingerprint density at radius 3 is 3.23 bits per heavy atom. The van der Waals surface area contributed by atoms with Crippen molar-refractivity contribution in [3.63, 3.8) is 0 Å². The van der Waals surface area contributed by atoms with Crippen LogP contribution in [0, 0.1) is 0 Å². The molecule has 13 heavy (non-hydrogen) atoms. The standard InChI is InChI=1S/C9H7N3S/c10-6-1-2-7-8(5-6)13-9-11-3-4-12(7)9/h1-5H,10H2. The fourth-order valence-electron chi connectivity index (χ4n) is 1.46. The fourth-order valence-corrected chi connectivity index (χ4v) is 2.49. The van der Waals surface area contributed by atoms with E-state index in [1.807, 2.05) is 30.6 Å². The maximum Gasteiger partial charge on any atom is 0.194 e. The molecule has 2 aromatic heterocycles. The molecule has 0 amide bonds. The van der Waals surface area contributed by atoms with Crippen molar-refractivity contribution < 1.29 is 0 Å². The van der Waals surface area contributed by atoms with E-state index >= 15 is 0 Å². The second-order valence-corrected chi connectivity index (χ2v) is 3.92. The van der Waals surface area contributed by atoms with E-state index in [0.717, 1.165) is 10.6 Å². The van der Waals surface area contributed by atoms with Crippen LogP contribution in [-0.4, -0.2) is 9.38 Å². The minimum atomic E-state index is 0.803. The van der Waals surface area contributed by atoms with Crippen molar-refractivity contribution in [2.75, 3.05) is 5.73 Å². The molecule has 0 saturated carbocycles. The van der Waals surface area contributed by atoms with Gasteiger partial charge in [0.05, 0.1) is 10.2 Å². The van der Waals surface area contributed by atoms with E-state index in [4.69, 9.17) is 5.73 Å². The summed E-state index contributed by atoms with van der Waals surface area (Å²) in [4.78, 5) is 5.24. The van der Waals surface area contributed by atoms with Gasteiger partial charge in [-0.1, -0.05) is 11.3 Å². The van der Waals surface area contributed by atoms with E-state index in [1.165, 1.54) is 10.2 Å². The number of fused-ring (bicyclic) bond motifs is 3. The highest BCUT2D eigenvalue weighted by molar-refractivity contribution is 7.23. The van der Waals surface area contributed by atoms with Crippen molar-refractivity contribution in [1.29, 1.82) is 0 Å². The van der Waals surface area contributed by atoms with Crippen molar-refractivity contribution in [1.82, 2.24) is 9.38 Å². The van der Waals surface area contributed by atoms with Crippen molar-refractivity contribution >= 4 is 32.2 Å². The van der Waals surface area contributed by atoms with Gasteiger partial charge in [-0.3, -0.25) is 4.40 Å². The monoisotopic (exact) mass is 189 g/mol. The van der Waals surface area contributed by atoms with Gasteiger partial charge < -0.3 is 5.73 Å². The van der Waals surface area contributed by atoms with Gasteiger partial charge in [0.2, 0.25) is 0 Å². The van der Waals surface area contributed by atoms with Crippen molar-refractivity contribution in [3.8, 4) is 0 Å². The van der Waals surface area contributed by atoms with E-state index in [-0.39, 0.29) is 0 Å². The van der Waals surface area contributed by atoms with Crippen LogP contribution in [-0.2, 0) is 0 Å². The van der Waals surface area contributed by atoms with Crippen molar-refractivity contribution in [2.24, 2.45) is 0 Å². The summed E-state index contributed by atoms with van der Waals surface area (Å²) >= 11 is 1.65. The van der Waals surface area contributed by atoms with E-state index in [1.54, 1.807) is 11.3 Å². The first kappa shape index (κ1) is 6.91. The summed E-state index contributed by atoms with van der Waals surface area (Å²) in [7, 11) is 0. The second kappa shape index (κ2) is 2.23. The molecule has 0 aliphatic carbocycles. The summed E-state index contributed by atoms with van der Waals surface area (Å²) in [6, 6.07) is 5.92. The van der Waals surface area contributed by atoms with Crippen molar-refractivity contribution in [2.45, 2.75) is 0 Å². The molecule has 0 bridgehead atoms. The fraction of sp³-hybridized carbons (Fsp3) is 0. The Balaban J connectivity index is 2.59. The van der Waals surface area contributed by atoms with Crippen LogP contribution >= 0.6 is 11.3 Å². The molecule has 3 rings (SSSR count). The van der Waals surface area contributed by atoms with Gasteiger partial charge >= 0.3 is 0 Å². The van der Waals surface area contributed by atoms with Crippen LogP contribution in [0.15, 0.2) is 30.6 Å². The Hall–Kier alpha value is -1.55. The molecule has 0 saturated heterocycles. The van der Waals surface area contributed by atoms with Crippen molar-refractivity contribution in [3.05, 3.63) is 30.6 Å². The van der Waals surface area contributed by atoms with E-state index in [0.29, 0.717) is 0 Å². The summed E-state index contributed by atoms with van der Waals surface area (Å²) in [5, 5.41) is 0. The lowest BCUT2D eigenvalue weighted by atomic mass is 10.3. The molecule has 0 radical (unpaired) electrons. The first-order valence-corrected chi connectivity index (χ1v) is 4.77. The minimum Gasteiger partial charge on any atom is -0.399 e. The average molecular weight is 189 g/mol. The molecule has 4 heteroatoms. The number of hydrogen-bond acceptors (Lipinski definition) is 3. The molecule has 3 aromatic rings. The summed E-state index contributed by atoms with van der Waals surface area (Å²) < 4.78 is 3.25. The predicted octanol–water partition coefficient (Wildman–Crippen LogP) is 2.13. The number of nitrogens with zero attached hydrogens (tertiary/aromatic N) is 2. The van der Waals surface area contributed by atoms with Crippen LogP contribution in [0.5, 0.6) is 0 Å². The van der Waals surface area contributed by atoms with E-state index in [2.05, 4.69) is 9.38 Å². The summed E-state index contributed by atoms with van der Waals surface area (Å²) in [5.74, 6) is 0. The summed E-state index contributed by atoms with van der Waals surface area (Å²) in [6.45, 7) is 0. The number of hydrogen-bond donors (Lipinski definition) is 1. The zero-order valence-corrected chi connectivity index (χ0v) is 7.58. The Morgan fingerprint density at radius 2 is 2.31 bits per heavy atom. The smallest absolute Gasteiger partial charge is 0.194 e. The molecule has 64 valence electrons. The molecule has 0 unspecified atom stereocenters. The Labute approximate surface area is 78.4 Å². The zero-order chi connectivity index (χ0) is 8.84. The third kappa shape index (κ3) is 0.860. The molecule has 2 heterocycles. The average Bonchev–Trinajstić information content (AvgIpc) is 2.62. The van der Waals surface area contributed by atoms with Crippen LogP contribution in [0.3, 0.4) is 0 Å². The highest BCUT2D eigenvalue weighted by atomic mass is 32.1. The third-order valence-electron chi connectivity index (χ3n) is 2.05. The molecule has 0 atom stereocenters. The van der Waals surface area contributed by atoms with E-state index in [9.17, 15) is 0 Å². The van der Waals surface area contributed by atoms with Gasteiger partial charge in [0.1, 0.15) is 0 Å². The number of imidazole rings is 1. The van der Waals surface area contributed by atoms with Gasteiger partial charge in [0.25, 0.3) is 0 Å². The number of aromatic nitrogens is 2. The molecule has 3 nitrogen and oxygen atoms in total. The molecule has 2 N–H and O–H groups in total. The first-order chi connectivity index (χ1) is 6.34. The van der Waals surface area contributed by atoms with Gasteiger partial charge in [0, 0.05) is 18.1 Å². The number of benzene rings is 1. The summed E-state index contributed by atoms with van der Waals surface area (Å²) in [6.07, 6.45) is 3.77. The van der Waals surface area contributed by atoms with Crippen LogP contribution in [0.25, 0.3) is 15.2 Å². The number of nitrogens with two attached hydrogens (primary N) is 1. The highest BCUT2D eigenvalue weighted by Gasteiger charge is 2.03. The Kier molecular flexibility index (Phi) is 1.19. The number of nitrogen functional groups attached to an aromatic ring is 1. The topological polar surface area (TPSA) is 43.3 Å².